The molecular formula is C22H27N8O2+. The molecule has 5 heterocycles. The molecule has 0 bridgehead atoms. The number of hydrogen-bond acceptors (Lipinski definition) is 7. The number of H-pyrrole nitrogens is 1. The van der Waals surface area contributed by atoms with Gasteiger partial charge in [0.15, 0.2) is 12.2 Å². The highest BCUT2D eigenvalue weighted by atomic mass is 16.3. The van der Waals surface area contributed by atoms with Gasteiger partial charge in [-0.2, -0.15) is 4.68 Å². The third kappa shape index (κ3) is 3.41. The predicted molar refractivity (Wildman–Crippen MR) is 120 cm³/mol. The number of aromatic nitrogens is 6. The van der Waals surface area contributed by atoms with Crippen molar-refractivity contribution in [2.24, 2.45) is 0 Å². The van der Waals surface area contributed by atoms with Crippen molar-refractivity contribution in [2.45, 2.75) is 46.6 Å². The predicted octanol–water partition coefficient (Wildman–Crippen LogP) is 1.91. The number of pyridine rings is 1. The van der Waals surface area contributed by atoms with E-state index < -0.39 is 0 Å². The van der Waals surface area contributed by atoms with Crippen molar-refractivity contribution in [3.05, 3.63) is 51.9 Å². The molecule has 1 aliphatic rings. The number of nitrogens with one attached hydrogen (secondary N) is 1. The molecule has 166 valence electrons. The van der Waals surface area contributed by atoms with E-state index in [4.69, 9.17) is 15.1 Å². The van der Waals surface area contributed by atoms with Crippen molar-refractivity contribution in [1.29, 1.82) is 0 Å². The number of nitrogens with zero attached hydrogens (tertiary/aromatic N) is 6. The van der Waals surface area contributed by atoms with E-state index in [1.807, 2.05) is 32.9 Å². The van der Waals surface area contributed by atoms with Crippen molar-refractivity contribution >= 4 is 17.4 Å². The lowest BCUT2D eigenvalue weighted by atomic mass is 10.0. The summed E-state index contributed by atoms with van der Waals surface area (Å²) in [6, 6.07) is 4.04. The fraction of sp³-hybridized carbons (Fsp3) is 0.409. The van der Waals surface area contributed by atoms with Crippen LogP contribution in [-0.4, -0.2) is 37.8 Å². The van der Waals surface area contributed by atoms with Crippen LogP contribution in [0.1, 0.15) is 42.1 Å². The highest BCUT2D eigenvalue weighted by Gasteiger charge is 2.29. The molecule has 32 heavy (non-hydrogen) atoms. The molecule has 10 nitrogen and oxygen atoms in total. The van der Waals surface area contributed by atoms with Gasteiger partial charge in [-0.3, -0.25) is 4.98 Å². The topological polar surface area (TPSA) is 123 Å². The van der Waals surface area contributed by atoms with Crippen molar-refractivity contribution in [1.82, 2.24) is 24.7 Å². The average Bonchev–Trinajstić information content (AvgIpc) is 3.31. The highest BCUT2D eigenvalue weighted by molar-refractivity contribution is 5.86. The summed E-state index contributed by atoms with van der Waals surface area (Å²) in [4.78, 5) is 29.0. The number of nitrogens with two attached hydrogens (primary N) is 1. The minimum atomic E-state index is -0.304. The van der Waals surface area contributed by atoms with E-state index in [0.717, 1.165) is 54.3 Å². The molecular weight excluding hydrogens is 408 g/mol. The van der Waals surface area contributed by atoms with Crippen LogP contribution in [-0.2, 0) is 6.54 Å². The smallest absolute Gasteiger partial charge is 0.428 e. The first-order valence-electron chi connectivity index (χ1n) is 10.9. The van der Waals surface area contributed by atoms with E-state index in [-0.39, 0.29) is 18.2 Å². The van der Waals surface area contributed by atoms with E-state index in [1.165, 1.54) is 21.9 Å². The second kappa shape index (κ2) is 7.77. The van der Waals surface area contributed by atoms with Crippen LogP contribution < -0.4 is 20.7 Å². The Bertz CT molecular complexity index is 1340. The zero-order valence-corrected chi connectivity index (χ0v) is 18.6. The maximum Gasteiger partial charge on any atom is 0.428 e. The summed E-state index contributed by atoms with van der Waals surface area (Å²) in [7, 11) is 0. The number of nitrogen functional groups attached to an aromatic ring is 1. The molecule has 3 N–H and O–H groups in total. The molecule has 1 saturated heterocycles. The van der Waals surface area contributed by atoms with Gasteiger partial charge in [0.2, 0.25) is 5.65 Å². The van der Waals surface area contributed by atoms with Crippen molar-refractivity contribution in [3.63, 3.8) is 0 Å². The molecule has 5 rings (SSSR count). The van der Waals surface area contributed by atoms with E-state index >= 15 is 0 Å². The van der Waals surface area contributed by atoms with Crippen LogP contribution in [0.4, 0.5) is 11.8 Å². The Morgan fingerprint density at radius 1 is 1.12 bits per heavy atom. The maximum absolute atomic E-state index is 13.3. The number of hydrogen-bond donors (Lipinski definition) is 2. The third-order valence-electron chi connectivity index (χ3n) is 5.97. The lowest BCUT2D eigenvalue weighted by Crippen LogP contribution is -2.45. The molecule has 4 aromatic heterocycles. The van der Waals surface area contributed by atoms with E-state index in [1.54, 1.807) is 0 Å². The molecule has 0 spiro atoms. The molecule has 1 aliphatic heterocycles. The first-order chi connectivity index (χ1) is 15.4. The van der Waals surface area contributed by atoms with Gasteiger partial charge in [0, 0.05) is 24.5 Å². The Hall–Kier alpha value is -3.69. The van der Waals surface area contributed by atoms with Gasteiger partial charge < -0.3 is 15.1 Å². The van der Waals surface area contributed by atoms with Gasteiger partial charge in [0.1, 0.15) is 18.0 Å². The maximum atomic E-state index is 13.3. The Balaban J connectivity index is 1.78. The monoisotopic (exact) mass is 435 g/mol. The fourth-order valence-electron chi connectivity index (χ4n) is 4.46. The molecule has 0 unspecified atom stereocenters. The summed E-state index contributed by atoms with van der Waals surface area (Å²) in [5.41, 5.74) is 10.9. The fourth-order valence-corrected chi connectivity index (χ4v) is 4.46. The number of anilines is 2. The Labute approximate surface area is 184 Å². The zero-order chi connectivity index (χ0) is 22.4. The van der Waals surface area contributed by atoms with Gasteiger partial charge in [0.05, 0.1) is 5.56 Å². The molecule has 0 amide bonds. The number of fused-ring (bicyclic) bond motifs is 1. The summed E-state index contributed by atoms with van der Waals surface area (Å²) >= 11 is 0. The van der Waals surface area contributed by atoms with Crippen molar-refractivity contribution in [3.8, 4) is 11.1 Å². The minimum absolute atomic E-state index is 0.156. The van der Waals surface area contributed by atoms with Crippen LogP contribution in [0, 0.1) is 20.8 Å². The van der Waals surface area contributed by atoms with Crippen LogP contribution in [0.25, 0.3) is 16.8 Å². The summed E-state index contributed by atoms with van der Waals surface area (Å²) in [6.07, 6.45) is 4.78. The standard InChI is InChI=1S/C22H26N8O2/c1-13-9-16(10-14(2)25-13)18-19(28-7-5-4-6-8-28)26-21(23)30-20(18)27-29(22(30)31)11-17-15(3)32-12-24-17/h9-10,12H,4-8,11H2,1-3H3,(H2,23,25,26,27)/p+1. The molecule has 0 atom stereocenters. The van der Waals surface area contributed by atoms with Gasteiger partial charge in [-0.15, -0.1) is 9.38 Å². The average molecular weight is 436 g/mol. The molecule has 0 saturated carbocycles. The van der Waals surface area contributed by atoms with Crippen molar-refractivity contribution < 1.29 is 8.82 Å². The quantitative estimate of drug-likeness (QED) is 0.469. The Morgan fingerprint density at radius 2 is 1.84 bits per heavy atom. The van der Waals surface area contributed by atoms with Gasteiger partial charge in [0.25, 0.3) is 0 Å². The lowest BCUT2D eigenvalue weighted by molar-refractivity contribution is -0.516. The number of oxazole rings is 1. The van der Waals surface area contributed by atoms with Gasteiger partial charge in [-0.05, 0) is 57.7 Å². The zero-order valence-electron chi connectivity index (χ0n) is 18.6. The number of piperidine rings is 1. The molecule has 0 radical (unpaired) electrons. The van der Waals surface area contributed by atoms with Gasteiger partial charge in [-0.1, -0.05) is 0 Å². The van der Waals surface area contributed by atoms with E-state index in [9.17, 15) is 4.79 Å². The normalized spacial score (nSPS) is 14.4. The largest absolute Gasteiger partial charge is 0.448 e. The molecule has 0 aliphatic carbocycles. The van der Waals surface area contributed by atoms with Crippen LogP contribution in [0.3, 0.4) is 0 Å². The van der Waals surface area contributed by atoms with Crippen LogP contribution in [0.2, 0.25) is 0 Å². The van der Waals surface area contributed by atoms with E-state index in [2.05, 4.69) is 20.0 Å². The number of aromatic amines is 1. The second-order valence-electron chi connectivity index (χ2n) is 8.37. The minimum Gasteiger partial charge on any atom is -0.448 e. The molecule has 4 aromatic rings. The van der Waals surface area contributed by atoms with Gasteiger partial charge >= 0.3 is 11.6 Å². The Morgan fingerprint density at radius 3 is 2.50 bits per heavy atom. The first kappa shape index (κ1) is 20.2. The lowest BCUT2D eigenvalue weighted by Gasteiger charge is -2.28. The highest BCUT2D eigenvalue weighted by Crippen LogP contribution is 2.33. The summed E-state index contributed by atoms with van der Waals surface area (Å²) in [5, 5.41) is 3.27. The van der Waals surface area contributed by atoms with Gasteiger partial charge in [-0.25, -0.2) is 14.9 Å². The van der Waals surface area contributed by atoms with Crippen LogP contribution in [0.5, 0.6) is 0 Å². The third-order valence-corrected chi connectivity index (χ3v) is 5.97. The molecule has 1 fully saturated rings. The summed E-state index contributed by atoms with van der Waals surface area (Å²) in [5.74, 6) is 1.61. The number of aryl methyl sites for hydroxylation is 3. The van der Waals surface area contributed by atoms with Crippen LogP contribution in [0.15, 0.2) is 27.7 Å². The van der Waals surface area contributed by atoms with Crippen LogP contribution >= 0.6 is 0 Å². The summed E-state index contributed by atoms with van der Waals surface area (Å²) < 4.78 is 8.22. The second-order valence-corrected chi connectivity index (χ2v) is 8.37. The molecule has 10 heteroatoms. The summed E-state index contributed by atoms with van der Waals surface area (Å²) in [6.45, 7) is 7.81. The SMILES string of the molecule is Cc1cc(-c2c(N3CCCCC3)nc(N)[n+]3c(=O)n(Cc4ncoc4C)[nH]c23)cc(C)n1. The molecule has 0 aromatic carbocycles. The van der Waals surface area contributed by atoms with Crippen molar-refractivity contribution in [2.75, 3.05) is 23.7 Å². The first-order valence-corrected chi connectivity index (χ1v) is 10.9. The number of rotatable bonds is 4. The van der Waals surface area contributed by atoms with E-state index in [0.29, 0.717) is 17.1 Å². The Kier molecular flexibility index (Phi) is 4.91.